The summed E-state index contributed by atoms with van der Waals surface area (Å²) in [5, 5.41) is 0. The van der Waals surface area contributed by atoms with Crippen molar-refractivity contribution >= 4 is 0 Å². The van der Waals surface area contributed by atoms with Crippen molar-refractivity contribution in [2.75, 3.05) is 6.61 Å². The third kappa shape index (κ3) is 2.01. The van der Waals surface area contributed by atoms with Gasteiger partial charge in [0.2, 0.25) is 0 Å². The highest BCUT2D eigenvalue weighted by atomic mass is 16.5. The van der Waals surface area contributed by atoms with Crippen LogP contribution in [0, 0.1) is 0 Å². The normalized spacial score (nSPS) is 21.1. The van der Waals surface area contributed by atoms with Crippen molar-refractivity contribution in [2.24, 2.45) is 0 Å². The van der Waals surface area contributed by atoms with Crippen LogP contribution in [0.1, 0.15) is 48.2 Å². The summed E-state index contributed by atoms with van der Waals surface area (Å²) in [4.78, 5) is 19.5. The molecule has 1 atom stereocenters. The highest BCUT2D eigenvalue weighted by Gasteiger charge is 2.29. The fourth-order valence-corrected chi connectivity index (χ4v) is 2.88. The van der Waals surface area contributed by atoms with Gasteiger partial charge in [-0.3, -0.25) is 4.79 Å². The Morgan fingerprint density at radius 3 is 2.90 bits per heavy atom. The average Bonchev–Trinajstić information content (AvgIpc) is 3.30. The Morgan fingerprint density at radius 2 is 2.05 bits per heavy atom. The molecule has 1 aliphatic heterocycles. The van der Waals surface area contributed by atoms with E-state index >= 15 is 0 Å². The second kappa shape index (κ2) is 4.47. The maximum absolute atomic E-state index is 11.9. The Hall–Kier alpha value is -2.10. The van der Waals surface area contributed by atoms with Gasteiger partial charge in [-0.1, -0.05) is 18.2 Å². The number of H-pyrrole nitrogens is 1. The molecule has 20 heavy (non-hydrogen) atoms. The summed E-state index contributed by atoms with van der Waals surface area (Å²) in [5.41, 5.74) is 2.03. The zero-order valence-electron chi connectivity index (χ0n) is 11.1. The number of fused-ring (bicyclic) bond motifs is 1. The summed E-state index contributed by atoms with van der Waals surface area (Å²) in [6.45, 7) is 0.666. The molecule has 1 aromatic carbocycles. The van der Waals surface area contributed by atoms with Crippen molar-refractivity contribution in [3.63, 3.8) is 0 Å². The Labute approximate surface area is 116 Å². The van der Waals surface area contributed by atoms with E-state index in [0.29, 0.717) is 12.5 Å². The highest BCUT2D eigenvalue weighted by molar-refractivity contribution is 5.40. The molecule has 0 saturated heterocycles. The number of nitrogens with one attached hydrogen (secondary N) is 1. The molecule has 0 bridgehead atoms. The second-order valence-corrected chi connectivity index (χ2v) is 5.56. The van der Waals surface area contributed by atoms with Gasteiger partial charge in [-0.25, -0.2) is 4.98 Å². The SMILES string of the molecule is O=c1cc(C2CC2)nc(C2CCOc3ccccc32)[nH]1. The third-order valence-electron chi connectivity index (χ3n) is 4.06. The molecule has 1 saturated carbocycles. The molecule has 102 valence electrons. The van der Waals surface area contributed by atoms with Crippen molar-refractivity contribution in [2.45, 2.75) is 31.1 Å². The first-order valence-electron chi connectivity index (χ1n) is 7.14. The van der Waals surface area contributed by atoms with Gasteiger partial charge in [0.25, 0.3) is 5.56 Å². The van der Waals surface area contributed by atoms with E-state index in [4.69, 9.17) is 9.72 Å². The molecule has 0 radical (unpaired) electrons. The van der Waals surface area contributed by atoms with E-state index in [0.717, 1.165) is 42.1 Å². The number of para-hydroxylation sites is 1. The molecule has 1 unspecified atom stereocenters. The Bertz CT molecular complexity index is 704. The van der Waals surface area contributed by atoms with Crippen LogP contribution in [-0.4, -0.2) is 16.6 Å². The molecule has 4 nitrogen and oxygen atoms in total. The molecule has 1 aromatic heterocycles. The van der Waals surface area contributed by atoms with Crippen molar-refractivity contribution < 1.29 is 4.74 Å². The van der Waals surface area contributed by atoms with E-state index in [2.05, 4.69) is 11.1 Å². The van der Waals surface area contributed by atoms with Crippen LogP contribution in [0.25, 0.3) is 0 Å². The van der Waals surface area contributed by atoms with Gasteiger partial charge in [0.15, 0.2) is 0 Å². The lowest BCUT2D eigenvalue weighted by molar-refractivity contribution is 0.274. The fraction of sp³-hybridized carbons (Fsp3) is 0.375. The van der Waals surface area contributed by atoms with Crippen LogP contribution >= 0.6 is 0 Å². The van der Waals surface area contributed by atoms with Gasteiger partial charge >= 0.3 is 0 Å². The summed E-state index contributed by atoms with van der Waals surface area (Å²) < 4.78 is 5.68. The van der Waals surface area contributed by atoms with Crippen LogP contribution in [0.5, 0.6) is 5.75 Å². The van der Waals surface area contributed by atoms with E-state index in [1.165, 1.54) is 0 Å². The summed E-state index contributed by atoms with van der Waals surface area (Å²) in [6, 6.07) is 9.65. The summed E-state index contributed by atoms with van der Waals surface area (Å²) in [7, 11) is 0. The highest BCUT2D eigenvalue weighted by Crippen LogP contribution is 2.40. The zero-order valence-corrected chi connectivity index (χ0v) is 11.1. The quantitative estimate of drug-likeness (QED) is 0.910. The number of aromatic nitrogens is 2. The first-order chi connectivity index (χ1) is 9.81. The van der Waals surface area contributed by atoms with E-state index in [-0.39, 0.29) is 11.5 Å². The van der Waals surface area contributed by atoms with Gasteiger partial charge in [-0.15, -0.1) is 0 Å². The maximum Gasteiger partial charge on any atom is 0.251 e. The predicted molar refractivity (Wildman–Crippen MR) is 75.2 cm³/mol. The van der Waals surface area contributed by atoms with Crippen molar-refractivity contribution in [3.8, 4) is 5.75 Å². The zero-order chi connectivity index (χ0) is 13.5. The first-order valence-corrected chi connectivity index (χ1v) is 7.14. The molecule has 0 spiro atoms. The van der Waals surface area contributed by atoms with Crippen LogP contribution in [0.15, 0.2) is 35.1 Å². The lowest BCUT2D eigenvalue weighted by Gasteiger charge is -2.25. The summed E-state index contributed by atoms with van der Waals surface area (Å²) in [5.74, 6) is 2.32. The number of hydrogen-bond donors (Lipinski definition) is 1. The van der Waals surface area contributed by atoms with Gasteiger partial charge in [-0.2, -0.15) is 0 Å². The van der Waals surface area contributed by atoms with Crippen molar-refractivity contribution in [1.29, 1.82) is 0 Å². The van der Waals surface area contributed by atoms with Crippen molar-refractivity contribution in [1.82, 2.24) is 9.97 Å². The van der Waals surface area contributed by atoms with Crippen LogP contribution < -0.4 is 10.3 Å². The van der Waals surface area contributed by atoms with E-state index in [9.17, 15) is 4.79 Å². The standard InChI is InChI=1S/C16H16N2O2/c19-15-9-13(10-5-6-10)17-16(18-15)12-7-8-20-14-4-2-1-3-11(12)14/h1-4,9-10,12H,5-8H2,(H,17,18,19). The Kier molecular flexibility index (Phi) is 2.62. The molecule has 2 aliphatic rings. The summed E-state index contributed by atoms with van der Waals surface area (Å²) >= 11 is 0. The topological polar surface area (TPSA) is 55.0 Å². The monoisotopic (exact) mass is 268 g/mol. The minimum atomic E-state index is -0.0409. The molecule has 1 N–H and O–H groups in total. The van der Waals surface area contributed by atoms with Gasteiger partial charge in [0, 0.05) is 23.5 Å². The van der Waals surface area contributed by atoms with Gasteiger partial charge < -0.3 is 9.72 Å². The number of nitrogens with zero attached hydrogens (tertiary/aromatic N) is 1. The minimum Gasteiger partial charge on any atom is -0.493 e. The van der Waals surface area contributed by atoms with Crippen LogP contribution in [0.4, 0.5) is 0 Å². The van der Waals surface area contributed by atoms with E-state index in [1.54, 1.807) is 6.07 Å². The van der Waals surface area contributed by atoms with Crippen LogP contribution in [0.3, 0.4) is 0 Å². The third-order valence-corrected chi connectivity index (χ3v) is 4.06. The number of rotatable bonds is 2. The molecule has 4 heteroatoms. The smallest absolute Gasteiger partial charge is 0.251 e. The van der Waals surface area contributed by atoms with Crippen LogP contribution in [-0.2, 0) is 0 Å². The van der Waals surface area contributed by atoms with Gasteiger partial charge in [0.05, 0.1) is 12.3 Å². The lowest BCUT2D eigenvalue weighted by atomic mass is 9.92. The molecule has 4 rings (SSSR count). The molecular weight excluding hydrogens is 252 g/mol. The predicted octanol–water partition coefficient (Wildman–Crippen LogP) is 2.56. The molecule has 0 amide bonds. The van der Waals surface area contributed by atoms with Crippen molar-refractivity contribution in [3.05, 3.63) is 57.8 Å². The molecule has 1 aliphatic carbocycles. The molecule has 1 fully saturated rings. The maximum atomic E-state index is 11.9. The minimum absolute atomic E-state index is 0.0409. The lowest BCUT2D eigenvalue weighted by Crippen LogP contribution is -2.21. The van der Waals surface area contributed by atoms with Gasteiger partial charge in [-0.05, 0) is 25.3 Å². The molecule has 2 heterocycles. The van der Waals surface area contributed by atoms with Crippen LogP contribution in [0.2, 0.25) is 0 Å². The van der Waals surface area contributed by atoms with E-state index < -0.39 is 0 Å². The fourth-order valence-electron chi connectivity index (χ4n) is 2.88. The number of ether oxygens (including phenoxy) is 1. The number of aromatic amines is 1. The molecule has 2 aromatic rings. The largest absolute Gasteiger partial charge is 0.493 e. The van der Waals surface area contributed by atoms with Gasteiger partial charge in [0.1, 0.15) is 11.6 Å². The number of hydrogen-bond acceptors (Lipinski definition) is 3. The number of benzene rings is 1. The summed E-state index contributed by atoms with van der Waals surface area (Å²) in [6.07, 6.45) is 3.16. The van der Waals surface area contributed by atoms with E-state index in [1.807, 2.05) is 18.2 Å². The Morgan fingerprint density at radius 1 is 1.20 bits per heavy atom. The first kappa shape index (κ1) is 11.7. The Balaban J connectivity index is 1.80. The second-order valence-electron chi connectivity index (χ2n) is 5.56. The average molecular weight is 268 g/mol. The molecular formula is C16H16N2O2.